The third kappa shape index (κ3) is 3.47. The average Bonchev–Trinajstić information content (AvgIpc) is 3.01. The van der Waals surface area contributed by atoms with E-state index in [1.165, 1.54) is 0 Å². The molecule has 0 fully saturated rings. The number of imidazole rings is 1. The van der Waals surface area contributed by atoms with E-state index in [9.17, 15) is 4.79 Å². The molecule has 0 saturated heterocycles. The molecule has 3 aromatic rings. The number of amides is 1. The number of nitriles is 1. The highest BCUT2D eigenvalue weighted by Crippen LogP contribution is 2.16. The highest BCUT2D eigenvalue weighted by Gasteiger charge is 2.07. The van der Waals surface area contributed by atoms with Crippen LogP contribution in [-0.4, -0.2) is 22.5 Å². The van der Waals surface area contributed by atoms with Crippen LogP contribution in [0.1, 0.15) is 11.4 Å². The van der Waals surface area contributed by atoms with Gasteiger partial charge in [-0.1, -0.05) is 24.3 Å². The Bertz CT molecular complexity index is 846. The van der Waals surface area contributed by atoms with Crippen molar-refractivity contribution in [2.24, 2.45) is 0 Å². The number of benzene rings is 2. The maximum Gasteiger partial charge on any atom is 0.258 e. The zero-order chi connectivity index (χ0) is 16.1. The maximum absolute atomic E-state index is 11.8. The summed E-state index contributed by atoms with van der Waals surface area (Å²) in [4.78, 5) is 19.4. The van der Waals surface area contributed by atoms with Crippen LogP contribution in [0.15, 0.2) is 48.5 Å². The van der Waals surface area contributed by atoms with Gasteiger partial charge in [0.2, 0.25) is 0 Å². The molecule has 3 rings (SSSR count). The van der Waals surface area contributed by atoms with Crippen LogP contribution in [-0.2, 0) is 11.3 Å². The van der Waals surface area contributed by atoms with Crippen molar-refractivity contribution in [2.75, 3.05) is 6.61 Å². The molecule has 0 spiro atoms. The van der Waals surface area contributed by atoms with Gasteiger partial charge < -0.3 is 15.0 Å². The summed E-state index contributed by atoms with van der Waals surface area (Å²) in [6.45, 7) is 0.135. The van der Waals surface area contributed by atoms with E-state index in [1.807, 2.05) is 30.3 Å². The van der Waals surface area contributed by atoms with Gasteiger partial charge in [0.15, 0.2) is 6.61 Å². The van der Waals surface area contributed by atoms with Crippen LogP contribution in [0.3, 0.4) is 0 Å². The summed E-state index contributed by atoms with van der Waals surface area (Å²) in [5, 5.41) is 11.7. The average molecular weight is 306 g/mol. The number of aromatic amines is 1. The van der Waals surface area contributed by atoms with E-state index >= 15 is 0 Å². The van der Waals surface area contributed by atoms with E-state index < -0.39 is 0 Å². The van der Waals surface area contributed by atoms with Gasteiger partial charge in [0.25, 0.3) is 5.91 Å². The van der Waals surface area contributed by atoms with Crippen LogP contribution in [0.2, 0.25) is 0 Å². The molecule has 114 valence electrons. The Morgan fingerprint density at radius 1 is 1.22 bits per heavy atom. The Kier molecular flexibility index (Phi) is 4.20. The van der Waals surface area contributed by atoms with Crippen molar-refractivity contribution in [1.29, 1.82) is 5.26 Å². The summed E-state index contributed by atoms with van der Waals surface area (Å²) in [6.07, 6.45) is 0. The number of hydrogen-bond donors (Lipinski definition) is 2. The lowest BCUT2D eigenvalue weighted by molar-refractivity contribution is -0.123. The molecule has 1 heterocycles. The van der Waals surface area contributed by atoms with E-state index in [0.717, 1.165) is 11.0 Å². The van der Waals surface area contributed by atoms with Gasteiger partial charge in [-0.05, 0) is 24.3 Å². The van der Waals surface area contributed by atoms with Crippen molar-refractivity contribution in [3.05, 3.63) is 59.9 Å². The van der Waals surface area contributed by atoms with Crippen molar-refractivity contribution < 1.29 is 9.53 Å². The predicted octanol–water partition coefficient (Wildman–Crippen LogP) is 2.13. The fourth-order valence-electron chi connectivity index (χ4n) is 2.15. The quantitative estimate of drug-likeness (QED) is 0.755. The monoisotopic (exact) mass is 306 g/mol. The van der Waals surface area contributed by atoms with E-state index in [-0.39, 0.29) is 19.1 Å². The third-order valence-corrected chi connectivity index (χ3v) is 3.26. The minimum Gasteiger partial charge on any atom is -0.482 e. The molecule has 0 radical (unpaired) electrons. The number of rotatable bonds is 5. The van der Waals surface area contributed by atoms with Gasteiger partial charge in [-0.3, -0.25) is 4.79 Å². The summed E-state index contributed by atoms with van der Waals surface area (Å²) in [6, 6.07) is 16.5. The molecule has 2 N–H and O–H groups in total. The molecule has 0 bridgehead atoms. The van der Waals surface area contributed by atoms with Crippen molar-refractivity contribution in [3.63, 3.8) is 0 Å². The molecule has 0 unspecified atom stereocenters. The molecular weight excluding hydrogens is 292 g/mol. The third-order valence-electron chi connectivity index (χ3n) is 3.26. The number of carbonyl (C=O) groups excluding carboxylic acids is 1. The molecule has 6 heteroatoms. The molecule has 1 amide bonds. The maximum atomic E-state index is 11.8. The first-order chi connectivity index (χ1) is 11.3. The first kappa shape index (κ1) is 14.6. The number of aromatic nitrogens is 2. The predicted molar refractivity (Wildman–Crippen MR) is 84.6 cm³/mol. The minimum absolute atomic E-state index is 0.154. The summed E-state index contributed by atoms with van der Waals surface area (Å²) in [5.74, 6) is 0.795. The molecule has 0 aliphatic heterocycles. The smallest absolute Gasteiger partial charge is 0.258 e. The lowest BCUT2D eigenvalue weighted by Gasteiger charge is -2.07. The fourth-order valence-corrected chi connectivity index (χ4v) is 2.15. The summed E-state index contributed by atoms with van der Waals surface area (Å²) in [7, 11) is 0. The van der Waals surface area contributed by atoms with Gasteiger partial charge >= 0.3 is 0 Å². The topological polar surface area (TPSA) is 90.8 Å². The largest absolute Gasteiger partial charge is 0.482 e. The number of ether oxygens (including phenoxy) is 1. The second kappa shape index (κ2) is 6.62. The number of nitrogens with zero attached hydrogens (tertiary/aromatic N) is 2. The summed E-state index contributed by atoms with van der Waals surface area (Å²) in [5.41, 5.74) is 2.18. The van der Waals surface area contributed by atoms with Crippen molar-refractivity contribution in [3.8, 4) is 11.8 Å². The van der Waals surface area contributed by atoms with E-state index in [4.69, 9.17) is 10.00 Å². The normalized spacial score (nSPS) is 10.2. The second-order valence-corrected chi connectivity index (χ2v) is 4.87. The van der Waals surface area contributed by atoms with Crippen LogP contribution in [0.4, 0.5) is 0 Å². The number of carbonyl (C=O) groups is 1. The van der Waals surface area contributed by atoms with Crippen molar-refractivity contribution >= 4 is 16.9 Å². The molecule has 0 saturated carbocycles. The number of nitrogens with one attached hydrogen (secondary N) is 2. The summed E-state index contributed by atoms with van der Waals surface area (Å²) < 4.78 is 5.37. The Balaban J connectivity index is 1.54. The first-order valence-electron chi connectivity index (χ1n) is 7.08. The fraction of sp³-hybridized carbons (Fsp3) is 0.118. The Morgan fingerprint density at radius 3 is 2.83 bits per heavy atom. The van der Waals surface area contributed by atoms with Crippen molar-refractivity contribution in [2.45, 2.75) is 6.54 Å². The standard InChI is InChI=1S/C17H14N4O2/c18-9-12-5-1-4-8-15(12)23-11-17(22)19-10-16-20-13-6-2-3-7-14(13)21-16/h1-8H,10-11H2,(H,19,22)(H,20,21). The molecule has 6 nitrogen and oxygen atoms in total. The van der Waals surface area contributed by atoms with E-state index in [0.29, 0.717) is 17.1 Å². The van der Waals surface area contributed by atoms with Gasteiger partial charge in [0.1, 0.15) is 17.6 Å². The zero-order valence-electron chi connectivity index (χ0n) is 12.2. The molecule has 0 aliphatic carbocycles. The number of fused-ring (bicyclic) bond motifs is 1. The highest BCUT2D eigenvalue weighted by molar-refractivity contribution is 5.78. The van der Waals surface area contributed by atoms with Gasteiger partial charge in [-0.2, -0.15) is 5.26 Å². The Labute approximate surface area is 132 Å². The van der Waals surface area contributed by atoms with Crippen LogP contribution >= 0.6 is 0 Å². The number of para-hydroxylation sites is 3. The minimum atomic E-state index is -0.279. The molecule has 0 atom stereocenters. The van der Waals surface area contributed by atoms with Gasteiger partial charge in [-0.15, -0.1) is 0 Å². The first-order valence-corrected chi connectivity index (χ1v) is 7.08. The molecule has 23 heavy (non-hydrogen) atoms. The van der Waals surface area contributed by atoms with Crippen LogP contribution in [0, 0.1) is 11.3 Å². The number of H-pyrrole nitrogens is 1. The van der Waals surface area contributed by atoms with Gasteiger partial charge in [0, 0.05) is 0 Å². The highest BCUT2D eigenvalue weighted by atomic mass is 16.5. The SMILES string of the molecule is N#Cc1ccccc1OCC(=O)NCc1nc2ccccc2[nH]1. The zero-order valence-corrected chi connectivity index (χ0v) is 12.2. The van der Waals surface area contributed by atoms with Crippen molar-refractivity contribution in [1.82, 2.24) is 15.3 Å². The lowest BCUT2D eigenvalue weighted by atomic mass is 10.2. The molecular formula is C17H14N4O2. The second-order valence-electron chi connectivity index (χ2n) is 4.87. The van der Waals surface area contributed by atoms with Gasteiger partial charge in [0.05, 0.1) is 23.1 Å². The van der Waals surface area contributed by atoms with Crippen LogP contribution < -0.4 is 10.1 Å². The lowest BCUT2D eigenvalue weighted by Crippen LogP contribution is -2.28. The summed E-state index contributed by atoms with van der Waals surface area (Å²) >= 11 is 0. The molecule has 2 aromatic carbocycles. The molecule has 1 aromatic heterocycles. The van der Waals surface area contributed by atoms with E-state index in [2.05, 4.69) is 15.3 Å². The van der Waals surface area contributed by atoms with E-state index in [1.54, 1.807) is 24.3 Å². The van der Waals surface area contributed by atoms with Crippen LogP contribution in [0.25, 0.3) is 11.0 Å². The Hall–Kier alpha value is -3.33. The van der Waals surface area contributed by atoms with Gasteiger partial charge in [-0.25, -0.2) is 4.98 Å². The molecule has 0 aliphatic rings. The van der Waals surface area contributed by atoms with Crippen LogP contribution in [0.5, 0.6) is 5.75 Å². The number of hydrogen-bond acceptors (Lipinski definition) is 4. The Morgan fingerprint density at radius 2 is 2.00 bits per heavy atom.